The largest absolute Gasteiger partial charge is 0.490 e. The molecule has 3 aromatic rings. The van der Waals surface area contributed by atoms with Crippen molar-refractivity contribution in [1.29, 1.82) is 0 Å². The first-order chi connectivity index (χ1) is 14.6. The molecule has 7 heteroatoms. The number of halogens is 1. The van der Waals surface area contributed by atoms with Crippen LogP contribution in [0, 0.1) is 6.92 Å². The zero-order valence-electron chi connectivity index (χ0n) is 17.1. The third-order valence-electron chi connectivity index (χ3n) is 6.35. The summed E-state index contributed by atoms with van der Waals surface area (Å²) in [6.45, 7) is 4.07. The van der Waals surface area contributed by atoms with Gasteiger partial charge in [0.1, 0.15) is 22.8 Å². The van der Waals surface area contributed by atoms with E-state index in [4.69, 9.17) is 16.3 Å². The second-order valence-corrected chi connectivity index (χ2v) is 8.64. The van der Waals surface area contributed by atoms with Crippen LogP contribution in [0.4, 0.5) is 0 Å². The maximum atomic E-state index is 13.0. The van der Waals surface area contributed by atoms with E-state index in [0.717, 1.165) is 43.4 Å². The third kappa shape index (κ3) is 3.70. The van der Waals surface area contributed by atoms with Crippen LogP contribution in [0.3, 0.4) is 0 Å². The summed E-state index contributed by atoms with van der Waals surface area (Å²) in [5, 5.41) is 0.739. The van der Waals surface area contributed by atoms with Crippen molar-refractivity contribution in [3.05, 3.63) is 57.9 Å². The van der Waals surface area contributed by atoms with Gasteiger partial charge in [-0.25, -0.2) is 9.97 Å². The zero-order chi connectivity index (χ0) is 20.7. The van der Waals surface area contributed by atoms with Crippen LogP contribution < -0.4 is 10.3 Å². The predicted molar refractivity (Wildman–Crippen MR) is 118 cm³/mol. The summed E-state index contributed by atoms with van der Waals surface area (Å²) in [5.41, 5.74) is 1.15. The Morgan fingerprint density at radius 2 is 1.83 bits per heavy atom. The van der Waals surface area contributed by atoms with Crippen LogP contribution in [-0.2, 0) is 0 Å². The Kier molecular flexibility index (Phi) is 5.21. The molecule has 1 saturated heterocycles. The summed E-state index contributed by atoms with van der Waals surface area (Å²) in [6, 6.07) is 10.1. The monoisotopic (exact) mass is 424 g/mol. The van der Waals surface area contributed by atoms with Gasteiger partial charge in [-0.05, 0) is 62.9 Å². The van der Waals surface area contributed by atoms with Crippen molar-refractivity contribution < 1.29 is 4.74 Å². The molecule has 6 nitrogen and oxygen atoms in total. The van der Waals surface area contributed by atoms with Gasteiger partial charge in [-0.1, -0.05) is 18.0 Å². The minimum Gasteiger partial charge on any atom is -0.490 e. The molecule has 0 bridgehead atoms. The smallest absolute Gasteiger partial charge is 0.266 e. The molecule has 0 unspecified atom stereocenters. The van der Waals surface area contributed by atoms with Crippen LogP contribution in [-0.4, -0.2) is 44.7 Å². The quantitative estimate of drug-likeness (QED) is 0.589. The molecule has 30 heavy (non-hydrogen) atoms. The second kappa shape index (κ2) is 8.00. The van der Waals surface area contributed by atoms with Crippen LogP contribution in [0.1, 0.15) is 37.9 Å². The van der Waals surface area contributed by atoms with E-state index >= 15 is 0 Å². The molecule has 1 aliphatic carbocycles. The van der Waals surface area contributed by atoms with Crippen LogP contribution >= 0.6 is 11.6 Å². The van der Waals surface area contributed by atoms with Gasteiger partial charge in [0.2, 0.25) is 0 Å². The SMILES string of the molecule is Cc1nc2cnc(Cl)cc2c(=O)n1-c1ccc(OC2CCN(C3CCC3)CC2)cc1. The lowest BCUT2D eigenvalue weighted by molar-refractivity contribution is 0.0493. The summed E-state index contributed by atoms with van der Waals surface area (Å²) in [6.07, 6.45) is 8.03. The van der Waals surface area contributed by atoms with E-state index in [1.807, 2.05) is 31.2 Å². The number of benzene rings is 1. The van der Waals surface area contributed by atoms with Crippen LogP contribution in [0.5, 0.6) is 5.75 Å². The molecule has 1 saturated carbocycles. The molecule has 0 N–H and O–H groups in total. The molecule has 0 amide bonds. The number of piperidine rings is 1. The number of aryl methyl sites for hydroxylation is 1. The van der Waals surface area contributed by atoms with E-state index < -0.39 is 0 Å². The highest BCUT2D eigenvalue weighted by atomic mass is 35.5. The van der Waals surface area contributed by atoms with E-state index in [-0.39, 0.29) is 16.8 Å². The summed E-state index contributed by atoms with van der Waals surface area (Å²) < 4.78 is 7.81. The number of hydrogen-bond donors (Lipinski definition) is 0. The minimum absolute atomic E-state index is 0.154. The van der Waals surface area contributed by atoms with Gasteiger partial charge in [0.05, 0.1) is 22.8 Å². The lowest BCUT2D eigenvalue weighted by atomic mass is 9.90. The van der Waals surface area contributed by atoms with E-state index in [1.165, 1.54) is 25.5 Å². The van der Waals surface area contributed by atoms with E-state index in [9.17, 15) is 4.79 Å². The van der Waals surface area contributed by atoms with Gasteiger partial charge >= 0.3 is 0 Å². The normalized spacial score (nSPS) is 18.5. The van der Waals surface area contributed by atoms with Gasteiger partial charge in [0.15, 0.2) is 0 Å². The fraction of sp³-hybridized carbons (Fsp3) is 0.435. The van der Waals surface area contributed by atoms with Crippen molar-refractivity contribution in [2.45, 2.75) is 51.2 Å². The molecule has 3 heterocycles. The van der Waals surface area contributed by atoms with Crippen LogP contribution in [0.25, 0.3) is 16.6 Å². The van der Waals surface area contributed by atoms with Gasteiger partial charge in [0.25, 0.3) is 5.56 Å². The maximum Gasteiger partial charge on any atom is 0.266 e. The van der Waals surface area contributed by atoms with E-state index in [0.29, 0.717) is 16.7 Å². The molecule has 2 aliphatic rings. The number of ether oxygens (including phenoxy) is 1. The number of pyridine rings is 1. The Hall–Kier alpha value is -2.44. The molecule has 156 valence electrons. The zero-order valence-corrected chi connectivity index (χ0v) is 17.8. The fourth-order valence-corrected chi connectivity index (χ4v) is 4.61. The topological polar surface area (TPSA) is 60.3 Å². The molecular formula is C23H25ClN4O2. The predicted octanol–water partition coefficient (Wildman–Crippen LogP) is 4.14. The lowest BCUT2D eigenvalue weighted by Gasteiger charge is -2.41. The number of nitrogens with zero attached hydrogens (tertiary/aromatic N) is 4. The Labute approximate surface area is 180 Å². The molecule has 0 atom stereocenters. The molecule has 2 aromatic heterocycles. The highest BCUT2D eigenvalue weighted by Gasteiger charge is 2.29. The van der Waals surface area contributed by atoms with Crippen LogP contribution in [0.2, 0.25) is 5.15 Å². The van der Waals surface area contributed by atoms with Crippen LogP contribution in [0.15, 0.2) is 41.3 Å². The minimum atomic E-state index is -0.154. The van der Waals surface area contributed by atoms with Crippen molar-refractivity contribution >= 4 is 22.5 Å². The van der Waals surface area contributed by atoms with Crippen molar-refractivity contribution in [3.63, 3.8) is 0 Å². The average molecular weight is 425 g/mol. The first-order valence-corrected chi connectivity index (χ1v) is 11.0. The first-order valence-electron chi connectivity index (χ1n) is 10.6. The Morgan fingerprint density at radius 1 is 1.10 bits per heavy atom. The van der Waals surface area contributed by atoms with Crippen molar-refractivity contribution in [2.24, 2.45) is 0 Å². The first kappa shape index (κ1) is 19.5. The number of hydrogen-bond acceptors (Lipinski definition) is 5. The van der Waals surface area contributed by atoms with E-state index in [2.05, 4.69) is 14.9 Å². The Bertz CT molecular complexity index is 1120. The molecular weight excluding hydrogens is 400 g/mol. The van der Waals surface area contributed by atoms with Gasteiger partial charge < -0.3 is 9.64 Å². The summed E-state index contributed by atoms with van der Waals surface area (Å²) in [4.78, 5) is 24.2. The van der Waals surface area contributed by atoms with Gasteiger partial charge in [0, 0.05) is 19.1 Å². The molecule has 0 radical (unpaired) electrons. The fourth-order valence-electron chi connectivity index (χ4n) is 4.46. The average Bonchev–Trinajstić information content (AvgIpc) is 2.70. The summed E-state index contributed by atoms with van der Waals surface area (Å²) in [7, 11) is 0. The van der Waals surface area contributed by atoms with Crippen molar-refractivity contribution in [2.75, 3.05) is 13.1 Å². The van der Waals surface area contributed by atoms with Gasteiger partial charge in [-0.15, -0.1) is 0 Å². The Morgan fingerprint density at radius 3 is 2.50 bits per heavy atom. The number of likely N-dealkylation sites (tertiary alicyclic amines) is 1. The highest BCUT2D eigenvalue weighted by molar-refractivity contribution is 6.30. The van der Waals surface area contributed by atoms with Gasteiger partial charge in [-0.2, -0.15) is 0 Å². The Balaban J connectivity index is 1.32. The standard InChI is InChI=1S/C23H25ClN4O2/c1-15-26-21-14-25-22(24)13-20(21)23(29)28(15)17-5-7-18(8-6-17)30-19-9-11-27(12-10-19)16-3-2-4-16/h5-8,13-14,16,19H,2-4,9-12H2,1H3. The maximum absolute atomic E-state index is 13.0. The summed E-state index contributed by atoms with van der Waals surface area (Å²) >= 11 is 5.97. The van der Waals surface area contributed by atoms with Crippen molar-refractivity contribution in [1.82, 2.24) is 19.4 Å². The number of rotatable bonds is 4. The molecule has 1 aromatic carbocycles. The summed E-state index contributed by atoms with van der Waals surface area (Å²) in [5.74, 6) is 1.45. The molecule has 5 rings (SSSR count). The third-order valence-corrected chi connectivity index (χ3v) is 6.56. The highest BCUT2D eigenvalue weighted by Crippen LogP contribution is 2.28. The molecule has 2 fully saturated rings. The van der Waals surface area contributed by atoms with E-state index in [1.54, 1.807) is 10.6 Å². The lowest BCUT2D eigenvalue weighted by Crippen LogP contribution is -2.46. The molecule has 1 aliphatic heterocycles. The molecule has 0 spiro atoms. The number of aromatic nitrogens is 3. The van der Waals surface area contributed by atoms with Gasteiger partial charge in [-0.3, -0.25) is 9.36 Å². The second-order valence-electron chi connectivity index (χ2n) is 8.26. The number of fused-ring (bicyclic) bond motifs is 1. The van der Waals surface area contributed by atoms with Crippen molar-refractivity contribution in [3.8, 4) is 11.4 Å².